The maximum Gasteiger partial charge on any atom is 0.335 e. The van der Waals surface area contributed by atoms with Crippen LogP contribution < -0.4 is 0 Å². The molecule has 0 amide bonds. The fraction of sp³-hybridized carbons (Fsp3) is 0. The number of carboxylic acids is 1. The molecule has 0 spiro atoms. The molecule has 0 aliphatic rings. The molecule has 79 valence electrons. The monoisotopic (exact) mass is 288 g/mol. The zero-order chi connectivity index (χ0) is 10.9. The van der Waals surface area contributed by atoms with Gasteiger partial charge in [0, 0.05) is 32.7 Å². The fourth-order valence-corrected chi connectivity index (χ4v) is 0.923. The Balaban J connectivity index is 0.000000283. The third-order valence-electron chi connectivity index (χ3n) is 1.63. The number of carboxylic acid groups (broad SMARTS) is 1. The van der Waals surface area contributed by atoms with Crippen molar-refractivity contribution >= 4 is 5.97 Å². The molecule has 2 aromatic rings. The maximum absolute atomic E-state index is 10.2. The molecule has 1 N–H and O–H groups in total. The van der Waals surface area contributed by atoms with Crippen LogP contribution in [-0.2, 0) is 32.7 Å². The summed E-state index contributed by atoms with van der Waals surface area (Å²) in [6.07, 6.45) is 0. The number of aromatic carboxylic acids is 1. The second kappa shape index (κ2) is 9.26. The number of rotatable bonds is 1. The Hall–Kier alpha value is -0.986. The summed E-state index contributed by atoms with van der Waals surface area (Å²) in [5.74, 6) is -0.879. The molecule has 1 radical (unpaired) electrons. The molecule has 0 atom stereocenters. The predicted octanol–water partition coefficient (Wildman–Crippen LogP) is 2.87. The summed E-state index contributed by atoms with van der Waals surface area (Å²) in [5, 5.41) is 8.38. The molecule has 2 rings (SSSR count). The Morgan fingerprint density at radius 2 is 1.44 bits per heavy atom. The minimum absolute atomic E-state index is 0. The maximum atomic E-state index is 10.2. The van der Waals surface area contributed by atoms with Crippen molar-refractivity contribution in [3.63, 3.8) is 0 Å². The Morgan fingerprint density at radius 3 is 1.69 bits per heavy atom. The minimum Gasteiger partial charge on any atom is -0.478 e. The van der Waals surface area contributed by atoms with Crippen molar-refractivity contribution in [3.8, 4) is 0 Å². The number of hydrogen-bond donors (Lipinski definition) is 1. The van der Waals surface area contributed by atoms with Crippen molar-refractivity contribution in [1.82, 2.24) is 0 Å². The molecule has 0 unspecified atom stereocenters. The Labute approximate surface area is 120 Å². The van der Waals surface area contributed by atoms with E-state index < -0.39 is 5.97 Å². The number of benzene rings is 2. The molecule has 2 aromatic carbocycles. The van der Waals surface area contributed by atoms with Crippen molar-refractivity contribution in [1.29, 1.82) is 0 Å². The first kappa shape index (κ1) is 15.0. The van der Waals surface area contributed by atoms with Crippen LogP contribution in [0.2, 0.25) is 0 Å². The van der Waals surface area contributed by atoms with Gasteiger partial charge in [0.2, 0.25) is 0 Å². The summed E-state index contributed by atoms with van der Waals surface area (Å²) in [6, 6.07) is 20.8. The normalized spacial score (nSPS) is 8.00. The van der Waals surface area contributed by atoms with E-state index in [0.717, 1.165) is 0 Å². The van der Waals surface area contributed by atoms with Gasteiger partial charge in [-0.1, -0.05) is 18.2 Å². The van der Waals surface area contributed by atoms with Gasteiger partial charge in [-0.2, -0.15) is 36.4 Å². The molecule has 0 aliphatic carbocycles. The molecule has 0 saturated carbocycles. The van der Waals surface area contributed by atoms with Crippen molar-refractivity contribution in [3.05, 3.63) is 72.3 Å². The van der Waals surface area contributed by atoms with E-state index in [-0.39, 0.29) is 32.7 Å². The average Bonchev–Trinajstić information content (AvgIpc) is 2.33. The van der Waals surface area contributed by atoms with E-state index >= 15 is 0 Å². The smallest absolute Gasteiger partial charge is 0.335 e. The van der Waals surface area contributed by atoms with Crippen LogP contribution in [0.1, 0.15) is 10.4 Å². The minimum atomic E-state index is -0.879. The van der Waals surface area contributed by atoms with Gasteiger partial charge < -0.3 is 5.11 Å². The van der Waals surface area contributed by atoms with Crippen LogP contribution in [-0.4, -0.2) is 11.1 Å². The van der Waals surface area contributed by atoms with Gasteiger partial charge in [-0.15, -0.1) is 0 Å². The average molecular weight is 288 g/mol. The zero-order valence-corrected chi connectivity index (χ0v) is 11.5. The molecule has 0 fully saturated rings. The Kier molecular flexibility index (Phi) is 8.68. The van der Waals surface area contributed by atoms with Gasteiger partial charge in [0.15, 0.2) is 0 Å². The van der Waals surface area contributed by atoms with Crippen LogP contribution in [0.25, 0.3) is 0 Å². The third-order valence-corrected chi connectivity index (χ3v) is 1.63. The molecular weight excluding hydrogens is 277 g/mol. The van der Waals surface area contributed by atoms with E-state index in [1.807, 2.05) is 30.3 Å². The van der Waals surface area contributed by atoms with Crippen molar-refractivity contribution in [2.45, 2.75) is 0 Å². The van der Waals surface area contributed by atoms with Gasteiger partial charge in [0.1, 0.15) is 0 Å². The third kappa shape index (κ3) is 6.49. The van der Waals surface area contributed by atoms with E-state index in [0.29, 0.717) is 5.56 Å². The first-order valence-corrected chi connectivity index (χ1v) is 4.50. The van der Waals surface area contributed by atoms with Gasteiger partial charge in [-0.3, -0.25) is 0 Å². The molecule has 0 bridgehead atoms. The van der Waals surface area contributed by atoms with Crippen LogP contribution in [0, 0.1) is 6.07 Å². The van der Waals surface area contributed by atoms with E-state index in [1.54, 1.807) is 30.3 Å². The zero-order valence-electron chi connectivity index (χ0n) is 8.71. The molecule has 0 aromatic heterocycles. The van der Waals surface area contributed by atoms with E-state index in [2.05, 4.69) is 6.07 Å². The standard InChI is InChI=1S/C7H6O2.C6H5.Y/c8-7(9)6-4-2-1-3-5-6;1-2-4-6-5-3-1;/h1-5H,(H,8,9);1-5H;/q;-1;. The Morgan fingerprint density at radius 1 is 0.938 bits per heavy atom. The van der Waals surface area contributed by atoms with Crippen LogP contribution in [0.15, 0.2) is 60.7 Å². The summed E-state index contributed by atoms with van der Waals surface area (Å²) in [5.41, 5.74) is 0.331. The summed E-state index contributed by atoms with van der Waals surface area (Å²) < 4.78 is 0. The molecule has 0 heterocycles. The van der Waals surface area contributed by atoms with Gasteiger partial charge in [0.05, 0.1) is 5.56 Å². The topological polar surface area (TPSA) is 37.3 Å². The van der Waals surface area contributed by atoms with Gasteiger partial charge in [-0.25, -0.2) is 4.79 Å². The fourth-order valence-electron chi connectivity index (χ4n) is 0.923. The predicted molar refractivity (Wildman–Crippen MR) is 58.7 cm³/mol. The number of carbonyl (C=O) groups is 1. The summed E-state index contributed by atoms with van der Waals surface area (Å²) >= 11 is 0. The molecule has 2 nitrogen and oxygen atoms in total. The van der Waals surface area contributed by atoms with E-state index in [4.69, 9.17) is 5.11 Å². The van der Waals surface area contributed by atoms with Crippen LogP contribution in [0.3, 0.4) is 0 Å². The van der Waals surface area contributed by atoms with Gasteiger partial charge >= 0.3 is 5.97 Å². The van der Waals surface area contributed by atoms with Crippen LogP contribution in [0.5, 0.6) is 0 Å². The van der Waals surface area contributed by atoms with Crippen LogP contribution >= 0.6 is 0 Å². The molecule has 0 saturated heterocycles. The molecule has 0 aliphatic heterocycles. The van der Waals surface area contributed by atoms with Crippen molar-refractivity contribution in [2.75, 3.05) is 0 Å². The molecular formula is C13H11O2Y-. The summed E-state index contributed by atoms with van der Waals surface area (Å²) in [4.78, 5) is 10.2. The van der Waals surface area contributed by atoms with Crippen LogP contribution in [0.4, 0.5) is 0 Å². The van der Waals surface area contributed by atoms with Crippen molar-refractivity contribution < 1.29 is 42.6 Å². The quantitative estimate of drug-likeness (QED) is 0.819. The SMILES string of the molecule is O=C(O)c1ccccc1.[Y].[c-]1ccccc1. The number of hydrogen-bond acceptors (Lipinski definition) is 1. The first-order valence-electron chi connectivity index (χ1n) is 4.50. The second-order valence-corrected chi connectivity index (χ2v) is 2.75. The first-order chi connectivity index (χ1) is 7.30. The van der Waals surface area contributed by atoms with E-state index in [9.17, 15) is 4.79 Å². The molecule has 16 heavy (non-hydrogen) atoms. The second-order valence-electron chi connectivity index (χ2n) is 2.75. The van der Waals surface area contributed by atoms with E-state index in [1.165, 1.54) is 0 Å². The van der Waals surface area contributed by atoms with Gasteiger partial charge in [0.25, 0.3) is 0 Å². The largest absolute Gasteiger partial charge is 0.478 e. The summed E-state index contributed by atoms with van der Waals surface area (Å²) in [6.45, 7) is 0. The van der Waals surface area contributed by atoms with Gasteiger partial charge in [-0.05, 0) is 12.1 Å². The van der Waals surface area contributed by atoms with Crippen molar-refractivity contribution in [2.24, 2.45) is 0 Å². The summed E-state index contributed by atoms with van der Waals surface area (Å²) in [7, 11) is 0. The Bertz CT molecular complexity index is 360. The molecule has 3 heteroatoms.